The van der Waals surface area contributed by atoms with Gasteiger partial charge in [-0.3, -0.25) is 0 Å². The van der Waals surface area contributed by atoms with Crippen LogP contribution in [0.2, 0.25) is 0 Å². The second kappa shape index (κ2) is 4.36. The van der Waals surface area contributed by atoms with Gasteiger partial charge in [0.15, 0.2) is 0 Å². The van der Waals surface area contributed by atoms with Crippen molar-refractivity contribution in [3.8, 4) is 0 Å². The van der Waals surface area contributed by atoms with Crippen molar-refractivity contribution in [3.63, 3.8) is 0 Å². The van der Waals surface area contributed by atoms with Crippen LogP contribution in [0, 0.1) is 0 Å². The summed E-state index contributed by atoms with van der Waals surface area (Å²) in [5, 5.41) is 3.65. The smallest absolute Gasteiger partial charge is 0.0335 e. The Hall–Kier alpha value is -1.86. The normalized spacial score (nSPS) is 23.4. The summed E-state index contributed by atoms with van der Waals surface area (Å²) in [5.74, 6) is 0.555. The van der Waals surface area contributed by atoms with Crippen LogP contribution in [0.3, 0.4) is 0 Å². The molecule has 94 valence electrons. The highest BCUT2D eigenvalue weighted by molar-refractivity contribution is 5.62. The predicted octanol–water partition coefficient (Wildman–Crippen LogP) is 4.03. The lowest BCUT2D eigenvalue weighted by Gasteiger charge is -2.17. The van der Waals surface area contributed by atoms with Crippen molar-refractivity contribution in [1.29, 1.82) is 0 Å². The van der Waals surface area contributed by atoms with Gasteiger partial charge >= 0.3 is 0 Å². The summed E-state index contributed by atoms with van der Waals surface area (Å²) < 4.78 is 0. The van der Waals surface area contributed by atoms with E-state index in [9.17, 15) is 0 Å². The van der Waals surface area contributed by atoms with E-state index in [4.69, 9.17) is 0 Å². The van der Waals surface area contributed by atoms with Crippen molar-refractivity contribution in [2.24, 2.45) is 0 Å². The third-order valence-corrected chi connectivity index (χ3v) is 4.36. The Kier molecular flexibility index (Phi) is 2.52. The average molecular weight is 247 g/mol. The first-order valence-corrected chi connectivity index (χ1v) is 7.00. The third-order valence-electron chi connectivity index (χ3n) is 4.36. The molecule has 0 bridgehead atoms. The molecular formula is C18H17N. The van der Waals surface area contributed by atoms with Gasteiger partial charge in [-0.2, -0.15) is 0 Å². The zero-order valence-corrected chi connectivity index (χ0v) is 10.8. The summed E-state index contributed by atoms with van der Waals surface area (Å²) in [7, 11) is 0. The molecule has 1 aliphatic carbocycles. The van der Waals surface area contributed by atoms with Gasteiger partial charge in [0.25, 0.3) is 0 Å². The number of allylic oxidation sites excluding steroid dienone is 1. The summed E-state index contributed by atoms with van der Waals surface area (Å²) in [4.78, 5) is 0. The van der Waals surface area contributed by atoms with Crippen LogP contribution in [0.5, 0.6) is 0 Å². The molecule has 0 aromatic heterocycles. The fourth-order valence-electron chi connectivity index (χ4n) is 3.37. The maximum atomic E-state index is 3.65. The fourth-order valence-corrected chi connectivity index (χ4v) is 3.37. The van der Waals surface area contributed by atoms with Crippen LogP contribution < -0.4 is 5.32 Å². The van der Waals surface area contributed by atoms with E-state index in [0.717, 1.165) is 13.0 Å². The van der Waals surface area contributed by atoms with Crippen molar-refractivity contribution in [2.75, 3.05) is 0 Å². The van der Waals surface area contributed by atoms with Gasteiger partial charge in [0.05, 0.1) is 0 Å². The van der Waals surface area contributed by atoms with E-state index in [2.05, 4.69) is 66.0 Å². The number of hydrogen-bond acceptors (Lipinski definition) is 1. The molecule has 0 saturated heterocycles. The first-order chi connectivity index (χ1) is 9.42. The number of benzene rings is 2. The summed E-state index contributed by atoms with van der Waals surface area (Å²) in [6.07, 6.45) is 5.78. The first-order valence-electron chi connectivity index (χ1n) is 7.00. The van der Waals surface area contributed by atoms with E-state index >= 15 is 0 Å². The minimum Gasteiger partial charge on any atom is -0.306 e. The summed E-state index contributed by atoms with van der Waals surface area (Å²) in [6, 6.07) is 18.0. The molecule has 1 aliphatic heterocycles. The van der Waals surface area contributed by atoms with Gasteiger partial charge in [0, 0.05) is 18.5 Å². The Morgan fingerprint density at radius 2 is 1.74 bits per heavy atom. The second-order valence-electron chi connectivity index (χ2n) is 5.46. The van der Waals surface area contributed by atoms with Crippen LogP contribution in [-0.2, 0) is 6.54 Å². The molecule has 2 atom stereocenters. The van der Waals surface area contributed by atoms with Crippen molar-refractivity contribution in [1.82, 2.24) is 5.32 Å². The monoisotopic (exact) mass is 247 g/mol. The molecule has 1 heterocycles. The van der Waals surface area contributed by atoms with E-state index in [1.807, 2.05) is 0 Å². The number of rotatable bonds is 2. The zero-order valence-electron chi connectivity index (χ0n) is 10.8. The Labute approximate surface area is 114 Å². The summed E-state index contributed by atoms with van der Waals surface area (Å²) in [6.45, 7) is 1.01. The molecule has 2 aromatic rings. The second-order valence-corrected chi connectivity index (χ2v) is 5.46. The minimum atomic E-state index is 0.497. The van der Waals surface area contributed by atoms with Crippen LogP contribution in [0.25, 0.3) is 6.08 Å². The zero-order chi connectivity index (χ0) is 12.7. The molecule has 4 rings (SSSR count). The maximum Gasteiger partial charge on any atom is 0.0335 e. The Morgan fingerprint density at radius 3 is 2.68 bits per heavy atom. The molecule has 0 saturated carbocycles. The van der Waals surface area contributed by atoms with Gasteiger partial charge in [-0.25, -0.2) is 0 Å². The van der Waals surface area contributed by atoms with Gasteiger partial charge in [0.2, 0.25) is 0 Å². The van der Waals surface area contributed by atoms with Crippen LogP contribution in [-0.4, -0.2) is 0 Å². The van der Waals surface area contributed by atoms with E-state index in [0.29, 0.717) is 12.0 Å². The lowest BCUT2D eigenvalue weighted by Crippen LogP contribution is -2.14. The topological polar surface area (TPSA) is 12.0 Å². The molecule has 2 aliphatic rings. The van der Waals surface area contributed by atoms with Crippen molar-refractivity contribution in [2.45, 2.75) is 24.9 Å². The molecule has 1 N–H and O–H groups in total. The van der Waals surface area contributed by atoms with Crippen LogP contribution in [0.1, 0.15) is 40.6 Å². The molecule has 2 unspecified atom stereocenters. The van der Waals surface area contributed by atoms with Gasteiger partial charge < -0.3 is 5.32 Å². The summed E-state index contributed by atoms with van der Waals surface area (Å²) in [5.41, 5.74) is 5.82. The van der Waals surface area contributed by atoms with E-state index < -0.39 is 0 Å². The molecular weight excluding hydrogens is 230 g/mol. The van der Waals surface area contributed by atoms with Gasteiger partial charge in [-0.05, 0) is 28.7 Å². The lowest BCUT2D eigenvalue weighted by molar-refractivity contribution is 0.520. The Bertz CT molecular complexity index is 642. The molecule has 0 fully saturated rings. The Morgan fingerprint density at radius 1 is 0.947 bits per heavy atom. The van der Waals surface area contributed by atoms with E-state index in [1.165, 1.54) is 22.3 Å². The van der Waals surface area contributed by atoms with Gasteiger partial charge in [-0.1, -0.05) is 60.7 Å². The van der Waals surface area contributed by atoms with Crippen molar-refractivity contribution < 1.29 is 0 Å². The largest absolute Gasteiger partial charge is 0.306 e. The molecule has 0 radical (unpaired) electrons. The van der Waals surface area contributed by atoms with Gasteiger partial charge in [0.1, 0.15) is 0 Å². The standard InChI is InChI=1S/C18H17N/c1-3-7-16-13(5-1)9-10-14(16)11-18-17-8-4-2-6-15(17)12-19-18/h1-10,14,18-19H,11-12H2. The van der Waals surface area contributed by atoms with Crippen molar-refractivity contribution in [3.05, 3.63) is 76.9 Å². The van der Waals surface area contributed by atoms with Gasteiger partial charge in [-0.15, -0.1) is 0 Å². The summed E-state index contributed by atoms with van der Waals surface area (Å²) >= 11 is 0. The van der Waals surface area contributed by atoms with E-state index in [-0.39, 0.29) is 0 Å². The molecule has 2 aromatic carbocycles. The first kappa shape index (κ1) is 11.0. The molecule has 0 amide bonds. The highest BCUT2D eigenvalue weighted by Gasteiger charge is 2.26. The SMILES string of the molecule is C1=CC(CC2NCc3ccccc32)c2ccccc21. The number of fused-ring (bicyclic) bond motifs is 2. The molecule has 0 spiro atoms. The average Bonchev–Trinajstić information content (AvgIpc) is 3.05. The lowest BCUT2D eigenvalue weighted by atomic mass is 9.91. The minimum absolute atomic E-state index is 0.497. The van der Waals surface area contributed by atoms with Crippen molar-refractivity contribution >= 4 is 6.08 Å². The molecule has 1 heteroatoms. The number of hydrogen-bond donors (Lipinski definition) is 1. The number of nitrogens with one attached hydrogen (secondary N) is 1. The van der Waals surface area contributed by atoms with Crippen LogP contribution in [0.15, 0.2) is 54.6 Å². The Balaban J connectivity index is 1.60. The highest BCUT2D eigenvalue weighted by atomic mass is 14.9. The third kappa shape index (κ3) is 1.82. The fraction of sp³-hybridized carbons (Fsp3) is 0.222. The molecule has 1 nitrogen and oxygen atoms in total. The van der Waals surface area contributed by atoms with Crippen LogP contribution in [0.4, 0.5) is 0 Å². The maximum absolute atomic E-state index is 3.65. The van der Waals surface area contributed by atoms with E-state index in [1.54, 1.807) is 0 Å². The molecule has 19 heavy (non-hydrogen) atoms. The van der Waals surface area contributed by atoms with Crippen LogP contribution >= 0.6 is 0 Å². The highest BCUT2D eigenvalue weighted by Crippen LogP contribution is 2.38. The quantitative estimate of drug-likeness (QED) is 0.844. The predicted molar refractivity (Wildman–Crippen MR) is 78.9 cm³/mol.